The van der Waals surface area contributed by atoms with Crippen LogP contribution >= 0.6 is 0 Å². The van der Waals surface area contributed by atoms with Gasteiger partial charge in [-0.3, -0.25) is 14.4 Å². The fourth-order valence-electron chi connectivity index (χ4n) is 1.55. The lowest BCUT2D eigenvalue weighted by molar-refractivity contribution is -0.138. The van der Waals surface area contributed by atoms with E-state index in [0.29, 0.717) is 0 Å². The highest BCUT2D eigenvalue weighted by molar-refractivity contribution is 5.94. The second-order valence-electron chi connectivity index (χ2n) is 4.68. The fourth-order valence-corrected chi connectivity index (χ4v) is 1.55. The molecule has 0 aliphatic heterocycles. The summed E-state index contributed by atoms with van der Waals surface area (Å²) >= 11 is 0. The van der Waals surface area contributed by atoms with Crippen molar-refractivity contribution >= 4 is 17.8 Å². The number of hydrogen-bond donors (Lipinski definition) is 3. The normalized spacial score (nSPS) is 11.9. The Hall–Kier alpha value is -2.31. The Labute approximate surface area is 116 Å². The van der Waals surface area contributed by atoms with Crippen LogP contribution in [0.4, 0.5) is 0 Å². The van der Waals surface area contributed by atoms with Crippen molar-refractivity contribution in [2.24, 2.45) is 5.92 Å². The number of hydrogen-bond acceptors (Lipinski definition) is 4. The Morgan fingerprint density at radius 1 is 1.35 bits per heavy atom. The number of carboxylic acids is 1. The zero-order valence-corrected chi connectivity index (χ0v) is 11.4. The van der Waals surface area contributed by atoms with Gasteiger partial charge in [-0.1, -0.05) is 13.8 Å². The molecule has 0 aromatic carbocycles. The molecule has 20 heavy (non-hydrogen) atoms. The van der Waals surface area contributed by atoms with Crippen molar-refractivity contribution in [3.05, 3.63) is 24.2 Å². The van der Waals surface area contributed by atoms with Gasteiger partial charge in [0.15, 0.2) is 5.76 Å². The lowest BCUT2D eigenvalue weighted by Gasteiger charge is -2.20. The van der Waals surface area contributed by atoms with Crippen LogP contribution in [0.2, 0.25) is 0 Å². The monoisotopic (exact) mass is 282 g/mol. The van der Waals surface area contributed by atoms with Crippen LogP contribution in [0, 0.1) is 5.92 Å². The molecule has 1 aromatic heterocycles. The van der Waals surface area contributed by atoms with Gasteiger partial charge in [0.05, 0.1) is 19.2 Å². The van der Waals surface area contributed by atoms with E-state index >= 15 is 0 Å². The predicted molar refractivity (Wildman–Crippen MR) is 70.1 cm³/mol. The number of carbonyl (C=O) groups is 3. The first kappa shape index (κ1) is 15.7. The van der Waals surface area contributed by atoms with Crippen LogP contribution < -0.4 is 10.6 Å². The molecular weight excluding hydrogens is 264 g/mol. The molecule has 7 heteroatoms. The summed E-state index contributed by atoms with van der Waals surface area (Å²) in [7, 11) is 0. The highest BCUT2D eigenvalue weighted by atomic mass is 16.4. The van der Waals surface area contributed by atoms with Gasteiger partial charge in [0, 0.05) is 6.04 Å². The Bertz CT molecular complexity index is 467. The average Bonchev–Trinajstić information content (AvgIpc) is 2.88. The van der Waals surface area contributed by atoms with Crippen molar-refractivity contribution < 1.29 is 23.9 Å². The van der Waals surface area contributed by atoms with E-state index in [9.17, 15) is 14.4 Å². The second kappa shape index (κ2) is 7.32. The second-order valence-corrected chi connectivity index (χ2v) is 4.68. The molecule has 7 nitrogen and oxygen atoms in total. The quantitative estimate of drug-likeness (QED) is 0.679. The van der Waals surface area contributed by atoms with Gasteiger partial charge >= 0.3 is 5.97 Å². The third-order valence-corrected chi connectivity index (χ3v) is 2.70. The average molecular weight is 282 g/mol. The minimum atomic E-state index is -0.983. The van der Waals surface area contributed by atoms with E-state index in [4.69, 9.17) is 9.52 Å². The van der Waals surface area contributed by atoms with Crippen molar-refractivity contribution in [1.82, 2.24) is 10.6 Å². The molecule has 0 spiro atoms. The summed E-state index contributed by atoms with van der Waals surface area (Å²) in [5, 5.41) is 13.7. The molecule has 0 aliphatic rings. The Morgan fingerprint density at radius 2 is 2.05 bits per heavy atom. The molecule has 1 heterocycles. The van der Waals surface area contributed by atoms with Gasteiger partial charge in [-0.2, -0.15) is 0 Å². The first-order chi connectivity index (χ1) is 9.40. The van der Waals surface area contributed by atoms with E-state index in [0.717, 1.165) is 0 Å². The number of carboxylic acid groups (broad SMARTS) is 1. The van der Waals surface area contributed by atoms with Gasteiger partial charge in [-0.25, -0.2) is 0 Å². The fraction of sp³-hybridized carbons (Fsp3) is 0.462. The molecule has 0 aliphatic carbocycles. The Morgan fingerprint density at radius 3 is 2.55 bits per heavy atom. The van der Waals surface area contributed by atoms with Crippen LogP contribution in [0.5, 0.6) is 0 Å². The summed E-state index contributed by atoms with van der Waals surface area (Å²) in [5.41, 5.74) is 0. The smallest absolute Gasteiger partial charge is 0.305 e. The number of nitrogens with one attached hydrogen (secondary N) is 2. The van der Waals surface area contributed by atoms with Crippen molar-refractivity contribution in [2.45, 2.75) is 26.3 Å². The lowest BCUT2D eigenvalue weighted by Crippen LogP contribution is -2.45. The molecule has 1 aromatic rings. The van der Waals surface area contributed by atoms with Crippen molar-refractivity contribution in [1.29, 1.82) is 0 Å². The first-order valence-corrected chi connectivity index (χ1v) is 6.23. The van der Waals surface area contributed by atoms with E-state index in [1.807, 2.05) is 13.8 Å². The van der Waals surface area contributed by atoms with Crippen LogP contribution in [-0.4, -0.2) is 35.5 Å². The summed E-state index contributed by atoms with van der Waals surface area (Å²) in [4.78, 5) is 33.9. The molecular formula is C13H18N2O5. The number of rotatable bonds is 7. The van der Waals surface area contributed by atoms with Crippen molar-refractivity contribution in [3.63, 3.8) is 0 Å². The van der Waals surface area contributed by atoms with Gasteiger partial charge in [-0.15, -0.1) is 0 Å². The molecule has 0 bridgehead atoms. The van der Waals surface area contributed by atoms with Crippen LogP contribution in [0.25, 0.3) is 0 Å². The molecule has 0 fully saturated rings. The first-order valence-electron chi connectivity index (χ1n) is 6.23. The van der Waals surface area contributed by atoms with Crippen molar-refractivity contribution in [2.75, 3.05) is 6.54 Å². The summed E-state index contributed by atoms with van der Waals surface area (Å²) in [5.74, 6) is -1.82. The maximum absolute atomic E-state index is 11.7. The van der Waals surface area contributed by atoms with Gasteiger partial charge in [0.1, 0.15) is 0 Å². The number of carbonyl (C=O) groups excluding carboxylic acids is 2. The maximum atomic E-state index is 11.7. The highest BCUT2D eigenvalue weighted by Gasteiger charge is 2.19. The van der Waals surface area contributed by atoms with Gasteiger partial charge in [0.25, 0.3) is 5.91 Å². The van der Waals surface area contributed by atoms with Crippen molar-refractivity contribution in [3.8, 4) is 0 Å². The largest absolute Gasteiger partial charge is 0.481 e. The Balaban J connectivity index is 2.42. The summed E-state index contributed by atoms with van der Waals surface area (Å²) < 4.78 is 4.88. The SMILES string of the molecule is CC(C)C(CC(=O)O)NC(=O)CNC(=O)c1ccco1. The van der Waals surface area contributed by atoms with E-state index in [1.54, 1.807) is 6.07 Å². The third-order valence-electron chi connectivity index (χ3n) is 2.70. The highest BCUT2D eigenvalue weighted by Crippen LogP contribution is 2.06. The summed E-state index contributed by atoms with van der Waals surface area (Å²) in [6.07, 6.45) is 1.20. The summed E-state index contributed by atoms with van der Waals surface area (Å²) in [6, 6.07) is 2.58. The van der Waals surface area contributed by atoms with Gasteiger partial charge < -0.3 is 20.2 Å². The minimum absolute atomic E-state index is 0.0178. The number of amides is 2. The van der Waals surface area contributed by atoms with E-state index in [-0.39, 0.29) is 24.6 Å². The zero-order chi connectivity index (χ0) is 15.1. The molecule has 3 N–H and O–H groups in total. The molecule has 1 unspecified atom stereocenters. The van der Waals surface area contributed by atoms with Crippen LogP contribution in [0.3, 0.4) is 0 Å². The zero-order valence-electron chi connectivity index (χ0n) is 11.4. The van der Waals surface area contributed by atoms with E-state index in [1.165, 1.54) is 12.3 Å². The van der Waals surface area contributed by atoms with E-state index < -0.39 is 23.8 Å². The third kappa shape index (κ3) is 5.13. The molecule has 0 saturated carbocycles. The number of aliphatic carboxylic acids is 1. The Kier molecular flexibility index (Phi) is 5.76. The van der Waals surface area contributed by atoms with E-state index in [2.05, 4.69) is 10.6 Å². The summed E-state index contributed by atoms with van der Waals surface area (Å²) in [6.45, 7) is 3.40. The van der Waals surface area contributed by atoms with Gasteiger partial charge in [-0.05, 0) is 18.1 Å². The minimum Gasteiger partial charge on any atom is -0.481 e. The topological polar surface area (TPSA) is 109 Å². The molecule has 2 amide bonds. The van der Waals surface area contributed by atoms with Crippen LogP contribution in [0.15, 0.2) is 22.8 Å². The number of furan rings is 1. The lowest BCUT2D eigenvalue weighted by atomic mass is 10.0. The molecule has 0 saturated heterocycles. The predicted octanol–water partition coefficient (Wildman–Crippen LogP) is 0.625. The molecule has 110 valence electrons. The standard InChI is InChI=1S/C13H18N2O5/c1-8(2)9(6-12(17)18)15-11(16)7-14-13(19)10-4-3-5-20-10/h3-5,8-9H,6-7H2,1-2H3,(H,14,19)(H,15,16)(H,17,18). The molecule has 1 atom stereocenters. The van der Waals surface area contributed by atoms with Crippen LogP contribution in [-0.2, 0) is 9.59 Å². The maximum Gasteiger partial charge on any atom is 0.305 e. The molecule has 1 rings (SSSR count). The van der Waals surface area contributed by atoms with Crippen LogP contribution in [0.1, 0.15) is 30.8 Å². The van der Waals surface area contributed by atoms with Gasteiger partial charge in [0.2, 0.25) is 5.91 Å². The molecule has 0 radical (unpaired) electrons.